The molecule has 1 saturated heterocycles. The summed E-state index contributed by atoms with van der Waals surface area (Å²) in [5.41, 5.74) is 0.181. The Bertz CT molecular complexity index is 564. The summed E-state index contributed by atoms with van der Waals surface area (Å²) in [5.74, 6) is -0.213. The Morgan fingerprint density at radius 2 is 2.29 bits per heavy atom. The van der Waals surface area contributed by atoms with Crippen molar-refractivity contribution in [1.29, 1.82) is 0 Å². The van der Waals surface area contributed by atoms with Crippen molar-refractivity contribution < 1.29 is 9.72 Å². The molecule has 1 aliphatic heterocycles. The fourth-order valence-corrected chi connectivity index (χ4v) is 2.86. The van der Waals surface area contributed by atoms with Gasteiger partial charge in [-0.1, -0.05) is 11.6 Å². The zero-order valence-electron chi connectivity index (χ0n) is 12.1. The van der Waals surface area contributed by atoms with E-state index in [0.717, 1.165) is 19.4 Å². The molecule has 7 heteroatoms. The molecule has 1 aromatic carbocycles. The molecule has 1 fully saturated rings. The number of non-ortho nitro benzene ring substituents is 1. The second-order valence-corrected chi connectivity index (χ2v) is 5.79. The molecule has 1 atom stereocenters. The summed E-state index contributed by atoms with van der Waals surface area (Å²) < 4.78 is 0. The SMILES string of the molecule is CN(CC1CCCN1C)C(=O)c1ccc([N+](=O)[O-])cc1Cl. The number of nitro groups is 1. The van der Waals surface area contributed by atoms with Gasteiger partial charge in [0.1, 0.15) is 0 Å². The third-order valence-corrected chi connectivity index (χ3v) is 4.21. The zero-order chi connectivity index (χ0) is 15.6. The average molecular weight is 312 g/mol. The third-order valence-electron chi connectivity index (χ3n) is 3.90. The highest BCUT2D eigenvalue weighted by Crippen LogP contribution is 2.24. The molecule has 0 radical (unpaired) electrons. The van der Waals surface area contributed by atoms with E-state index in [4.69, 9.17) is 11.6 Å². The predicted molar refractivity (Wildman–Crippen MR) is 80.7 cm³/mol. The maximum atomic E-state index is 12.4. The Morgan fingerprint density at radius 1 is 1.57 bits per heavy atom. The summed E-state index contributed by atoms with van der Waals surface area (Å²) in [6.45, 7) is 1.67. The molecule has 1 amide bonds. The molecule has 0 saturated carbocycles. The van der Waals surface area contributed by atoms with Crippen LogP contribution in [0, 0.1) is 10.1 Å². The Balaban J connectivity index is 2.10. The lowest BCUT2D eigenvalue weighted by Gasteiger charge is -2.26. The molecule has 0 aliphatic carbocycles. The van der Waals surface area contributed by atoms with Crippen LogP contribution in [0.2, 0.25) is 5.02 Å². The first kappa shape index (κ1) is 15.7. The number of nitrogens with zero attached hydrogens (tertiary/aromatic N) is 3. The van der Waals surface area contributed by atoms with Crippen LogP contribution in [-0.4, -0.2) is 53.9 Å². The lowest BCUT2D eigenvalue weighted by molar-refractivity contribution is -0.384. The van der Waals surface area contributed by atoms with Gasteiger partial charge in [0.05, 0.1) is 15.5 Å². The van der Waals surface area contributed by atoms with E-state index in [2.05, 4.69) is 11.9 Å². The first-order valence-electron chi connectivity index (χ1n) is 6.80. The minimum atomic E-state index is -0.530. The zero-order valence-corrected chi connectivity index (χ0v) is 12.8. The average Bonchev–Trinajstić information content (AvgIpc) is 2.83. The predicted octanol–water partition coefficient (Wildman–Crippen LogP) is 2.41. The minimum Gasteiger partial charge on any atom is -0.340 e. The second-order valence-electron chi connectivity index (χ2n) is 5.38. The molecule has 1 aliphatic rings. The van der Waals surface area contributed by atoms with Gasteiger partial charge in [0.2, 0.25) is 0 Å². The maximum absolute atomic E-state index is 12.4. The highest BCUT2D eigenvalue weighted by Gasteiger charge is 2.25. The van der Waals surface area contributed by atoms with Gasteiger partial charge in [-0.05, 0) is 32.5 Å². The minimum absolute atomic E-state index is 0.112. The first-order valence-corrected chi connectivity index (χ1v) is 7.17. The number of nitro benzene ring substituents is 1. The fraction of sp³-hybridized carbons (Fsp3) is 0.500. The normalized spacial score (nSPS) is 18.7. The number of hydrogen-bond donors (Lipinski definition) is 0. The van der Waals surface area contributed by atoms with E-state index in [0.29, 0.717) is 18.2 Å². The smallest absolute Gasteiger partial charge is 0.270 e. The molecular weight excluding hydrogens is 294 g/mol. The van der Waals surface area contributed by atoms with E-state index in [1.165, 1.54) is 18.2 Å². The highest BCUT2D eigenvalue weighted by molar-refractivity contribution is 6.34. The number of likely N-dealkylation sites (tertiary alicyclic amines) is 1. The molecular formula is C14H18ClN3O3. The van der Waals surface area contributed by atoms with Crippen LogP contribution in [0.4, 0.5) is 5.69 Å². The van der Waals surface area contributed by atoms with Gasteiger partial charge in [-0.3, -0.25) is 14.9 Å². The summed E-state index contributed by atoms with van der Waals surface area (Å²) in [4.78, 5) is 26.4. The van der Waals surface area contributed by atoms with Gasteiger partial charge in [0.15, 0.2) is 0 Å². The number of benzene rings is 1. The summed E-state index contributed by atoms with van der Waals surface area (Å²) in [5, 5.41) is 10.8. The molecule has 1 unspecified atom stereocenters. The fourth-order valence-electron chi connectivity index (χ4n) is 2.61. The summed E-state index contributed by atoms with van der Waals surface area (Å²) >= 11 is 6.00. The Labute approximate surface area is 128 Å². The van der Waals surface area contributed by atoms with Crippen molar-refractivity contribution in [1.82, 2.24) is 9.80 Å². The van der Waals surface area contributed by atoms with Crippen LogP contribution in [0.25, 0.3) is 0 Å². The van der Waals surface area contributed by atoms with E-state index in [1.807, 2.05) is 0 Å². The number of carbonyl (C=O) groups excluding carboxylic acids is 1. The van der Waals surface area contributed by atoms with Gasteiger partial charge in [-0.25, -0.2) is 0 Å². The van der Waals surface area contributed by atoms with E-state index >= 15 is 0 Å². The molecule has 0 bridgehead atoms. The molecule has 114 valence electrons. The van der Waals surface area contributed by atoms with Gasteiger partial charge in [0, 0.05) is 31.8 Å². The van der Waals surface area contributed by atoms with Gasteiger partial charge in [0.25, 0.3) is 11.6 Å². The van der Waals surface area contributed by atoms with Crippen LogP contribution >= 0.6 is 11.6 Å². The molecule has 0 N–H and O–H groups in total. The van der Waals surface area contributed by atoms with Crippen molar-refractivity contribution in [3.05, 3.63) is 38.9 Å². The molecule has 1 aromatic rings. The number of hydrogen-bond acceptors (Lipinski definition) is 4. The van der Waals surface area contributed by atoms with Gasteiger partial charge >= 0.3 is 0 Å². The molecule has 21 heavy (non-hydrogen) atoms. The quantitative estimate of drug-likeness (QED) is 0.632. The van der Waals surface area contributed by atoms with Crippen LogP contribution < -0.4 is 0 Å². The van der Waals surface area contributed by atoms with Crippen LogP contribution in [0.15, 0.2) is 18.2 Å². The maximum Gasteiger partial charge on any atom is 0.270 e. The van der Waals surface area contributed by atoms with Crippen LogP contribution in [-0.2, 0) is 0 Å². The van der Waals surface area contributed by atoms with Crippen molar-refractivity contribution in [2.45, 2.75) is 18.9 Å². The van der Waals surface area contributed by atoms with Crippen LogP contribution in [0.5, 0.6) is 0 Å². The van der Waals surface area contributed by atoms with E-state index in [9.17, 15) is 14.9 Å². The lowest BCUT2D eigenvalue weighted by atomic mass is 10.1. The van der Waals surface area contributed by atoms with Crippen molar-refractivity contribution in [2.24, 2.45) is 0 Å². The molecule has 0 spiro atoms. The highest BCUT2D eigenvalue weighted by atomic mass is 35.5. The van der Waals surface area contributed by atoms with E-state index in [-0.39, 0.29) is 16.6 Å². The number of rotatable bonds is 4. The van der Waals surface area contributed by atoms with E-state index < -0.39 is 4.92 Å². The Morgan fingerprint density at radius 3 is 2.81 bits per heavy atom. The number of amides is 1. The molecule has 6 nitrogen and oxygen atoms in total. The van der Waals surface area contributed by atoms with Crippen LogP contribution in [0.1, 0.15) is 23.2 Å². The van der Waals surface area contributed by atoms with Crippen molar-refractivity contribution >= 4 is 23.2 Å². The van der Waals surface area contributed by atoms with E-state index in [1.54, 1.807) is 11.9 Å². The Kier molecular flexibility index (Phi) is 4.80. The molecule has 1 heterocycles. The summed E-state index contributed by atoms with van der Waals surface area (Å²) in [6.07, 6.45) is 2.21. The molecule has 0 aromatic heterocycles. The number of carbonyl (C=O) groups is 1. The molecule has 2 rings (SSSR count). The summed E-state index contributed by atoms with van der Waals surface area (Å²) in [7, 11) is 3.78. The van der Waals surface area contributed by atoms with Crippen molar-refractivity contribution in [3.8, 4) is 0 Å². The van der Waals surface area contributed by atoms with Crippen LogP contribution in [0.3, 0.4) is 0 Å². The van der Waals surface area contributed by atoms with Gasteiger partial charge < -0.3 is 9.80 Å². The van der Waals surface area contributed by atoms with Gasteiger partial charge in [-0.15, -0.1) is 0 Å². The summed E-state index contributed by atoms with van der Waals surface area (Å²) in [6, 6.07) is 4.28. The second kappa shape index (κ2) is 6.41. The first-order chi connectivity index (χ1) is 9.90. The Hall–Kier alpha value is -1.66. The largest absolute Gasteiger partial charge is 0.340 e. The van der Waals surface area contributed by atoms with Gasteiger partial charge in [-0.2, -0.15) is 0 Å². The number of halogens is 1. The standard InChI is InChI=1S/C14H18ClN3O3/c1-16-7-3-4-11(16)9-17(2)14(19)12-6-5-10(18(20)21)8-13(12)15/h5-6,8,11H,3-4,7,9H2,1-2H3. The number of likely N-dealkylation sites (N-methyl/N-ethyl adjacent to an activating group) is 2. The van der Waals surface area contributed by atoms with Crippen molar-refractivity contribution in [2.75, 3.05) is 27.2 Å². The third kappa shape index (κ3) is 3.51. The topological polar surface area (TPSA) is 66.7 Å². The lowest BCUT2D eigenvalue weighted by Crippen LogP contribution is -2.39. The monoisotopic (exact) mass is 311 g/mol. The van der Waals surface area contributed by atoms with Crippen molar-refractivity contribution in [3.63, 3.8) is 0 Å².